The first kappa shape index (κ1) is 17.5. The van der Waals surface area contributed by atoms with E-state index in [4.69, 9.17) is 4.74 Å². The summed E-state index contributed by atoms with van der Waals surface area (Å²) in [6, 6.07) is 10.4. The van der Waals surface area contributed by atoms with Gasteiger partial charge in [-0.15, -0.1) is 0 Å². The Balaban J connectivity index is 1.57. The first-order valence-electron chi connectivity index (χ1n) is 9.58. The molecule has 1 spiro atoms. The van der Waals surface area contributed by atoms with Crippen molar-refractivity contribution in [1.82, 2.24) is 16.0 Å². The summed E-state index contributed by atoms with van der Waals surface area (Å²) in [5.41, 5.74) is 0.337. The van der Waals surface area contributed by atoms with Crippen LogP contribution < -0.4 is 16.0 Å². The molecule has 4 rings (SSSR count). The topological polar surface area (TPSA) is 79.5 Å². The summed E-state index contributed by atoms with van der Waals surface area (Å²) in [6.07, 6.45) is 3.98. The standard InChI is InChI=1S/C20H27N3O3/c1-14(15-7-12-26-13-15)22-19(16-5-3-2-4-6-16)8-10-20(11-9-19)17(24)21-18(25)23-20/h2-6,14-15,22H,7-13H2,1H3,(H2,21,23,24,25). The quantitative estimate of drug-likeness (QED) is 0.721. The van der Waals surface area contributed by atoms with Crippen LogP contribution in [0.3, 0.4) is 0 Å². The summed E-state index contributed by atoms with van der Waals surface area (Å²) >= 11 is 0. The maximum absolute atomic E-state index is 12.3. The third-order valence-electron chi connectivity index (χ3n) is 6.47. The van der Waals surface area contributed by atoms with E-state index in [0.717, 1.165) is 32.5 Å². The molecule has 0 radical (unpaired) electrons. The zero-order valence-corrected chi connectivity index (χ0v) is 15.2. The second-order valence-electron chi connectivity index (χ2n) is 8.00. The van der Waals surface area contributed by atoms with Crippen LogP contribution in [-0.2, 0) is 15.1 Å². The fourth-order valence-electron chi connectivity index (χ4n) is 4.76. The summed E-state index contributed by atoms with van der Waals surface area (Å²) in [5, 5.41) is 9.17. The van der Waals surface area contributed by atoms with Crippen LogP contribution in [0, 0.1) is 5.92 Å². The van der Waals surface area contributed by atoms with E-state index in [1.807, 2.05) is 6.07 Å². The maximum atomic E-state index is 12.3. The van der Waals surface area contributed by atoms with Crippen LogP contribution >= 0.6 is 0 Å². The zero-order chi connectivity index (χ0) is 18.2. The van der Waals surface area contributed by atoms with Crippen LogP contribution in [0.4, 0.5) is 4.79 Å². The molecule has 2 saturated heterocycles. The third kappa shape index (κ3) is 3.01. The van der Waals surface area contributed by atoms with Crippen LogP contribution in [0.25, 0.3) is 0 Å². The van der Waals surface area contributed by atoms with Crippen molar-refractivity contribution in [3.05, 3.63) is 35.9 Å². The lowest BCUT2D eigenvalue weighted by atomic mass is 9.68. The number of benzene rings is 1. The van der Waals surface area contributed by atoms with Gasteiger partial charge >= 0.3 is 6.03 Å². The van der Waals surface area contributed by atoms with E-state index in [0.29, 0.717) is 24.8 Å². The summed E-state index contributed by atoms with van der Waals surface area (Å²) in [5.74, 6) is 0.336. The molecule has 1 aromatic rings. The molecule has 1 saturated carbocycles. The summed E-state index contributed by atoms with van der Waals surface area (Å²) in [6.45, 7) is 3.88. The van der Waals surface area contributed by atoms with Gasteiger partial charge in [0.25, 0.3) is 5.91 Å². The van der Waals surface area contributed by atoms with Crippen molar-refractivity contribution in [2.75, 3.05) is 13.2 Å². The molecule has 1 aromatic carbocycles. The van der Waals surface area contributed by atoms with Crippen molar-refractivity contribution >= 4 is 11.9 Å². The van der Waals surface area contributed by atoms with Gasteiger partial charge in [-0.1, -0.05) is 30.3 Å². The van der Waals surface area contributed by atoms with E-state index in [1.165, 1.54) is 5.56 Å². The molecule has 3 fully saturated rings. The highest BCUT2D eigenvalue weighted by atomic mass is 16.5. The summed E-state index contributed by atoms with van der Waals surface area (Å²) in [7, 11) is 0. The van der Waals surface area contributed by atoms with Gasteiger partial charge in [-0.2, -0.15) is 0 Å². The minimum atomic E-state index is -0.739. The predicted octanol–water partition coefficient (Wildman–Crippen LogP) is 2.05. The zero-order valence-electron chi connectivity index (χ0n) is 15.2. The lowest BCUT2D eigenvalue weighted by Crippen LogP contribution is -2.58. The fourth-order valence-corrected chi connectivity index (χ4v) is 4.76. The molecule has 6 heteroatoms. The van der Waals surface area contributed by atoms with Gasteiger partial charge in [0.05, 0.1) is 6.61 Å². The van der Waals surface area contributed by atoms with Crippen molar-refractivity contribution < 1.29 is 14.3 Å². The first-order valence-corrected chi connectivity index (χ1v) is 9.58. The Morgan fingerprint density at radius 1 is 1.15 bits per heavy atom. The molecule has 26 heavy (non-hydrogen) atoms. The Kier molecular flexibility index (Phi) is 4.49. The lowest BCUT2D eigenvalue weighted by Gasteiger charge is -2.46. The number of carbonyl (C=O) groups is 2. The highest BCUT2D eigenvalue weighted by Gasteiger charge is 2.52. The molecule has 1 aliphatic carbocycles. The van der Waals surface area contributed by atoms with E-state index in [1.54, 1.807) is 0 Å². The van der Waals surface area contributed by atoms with Gasteiger partial charge in [-0.25, -0.2) is 4.79 Å². The fraction of sp³-hybridized carbons (Fsp3) is 0.600. The van der Waals surface area contributed by atoms with Crippen LogP contribution in [0.1, 0.15) is 44.6 Å². The Bertz CT molecular complexity index is 677. The first-order chi connectivity index (χ1) is 12.5. The highest BCUT2D eigenvalue weighted by Crippen LogP contribution is 2.43. The van der Waals surface area contributed by atoms with Crippen molar-refractivity contribution in [3.8, 4) is 0 Å². The van der Waals surface area contributed by atoms with Gasteiger partial charge in [-0.3, -0.25) is 10.1 Å². The summed E-state index contributed by atoms with van der Waals surface area (Å²) in [4.78, 5) is 23.9. The molecular weight excluding hydrogens is 330 g/mol. The Morgan fingerprint density at radius 3 is 2.46 bits per heavy atom. The van der Waals surface area contributed by atoms with E-state index in [9.17, 15) is 9.59 Å². The molecule has 3 N–H and O–H groups in total. The average molecular weight is 357 g/mol. The van der Waals surface area contributed by atoms with Gasteiger partial charge in [0.1, 0.15) is 5.54 Å². The second-order valence-corrected chi connectivity index (χ2v) is 8.00. The number of nitrogens with one attached hydrogen (secondary N) is 3. The van der Waals surface area contributed by atoms with Crippen molar-refractivity contribution in [2.45, 2.75) is 56.1 Å². The van der Waals surface area contributed by atoms with Gasteiger partial charge in [0.15, 0.2) is 0 Å². The highest BCUT2D eigenvalue weighted by molar-refractivity contribution is 6.07. The molecule has 140 valence electrons. The molecule has 2 atom stereocenters. The van der Waals surface area contributed by atoms with Gasteiger partial charge in [0, 0.05) is 18.2 Å². The number of imide groups is 1. The lowest BCUT2D eigenvalue weighted by molar-refractivity contribution is -0.125. The number of ether oxygens (including phenoxy) is 1. The minimum Gasteiger partial charge on any atom is -0.381 e. The van der Waals surface area contributed by atoms with E-state index in [2.05, 4.69) is 47.1 Å². The Hall–Kier alpha value is -1.92. The van der Waals surface area contributed by atoms with Crippen molar-refractivity contribution in [1.29, 1.82) is 0 Å². The SMILES string of the molecule is CC(NC1(c2ccccc2)CCC2(CC1)NC(=O)NC2=O)C1CCOC1. The molecular formula is C20H27N3O3. The van der Waals surface area contributed by atoms with E-state index < -0.39 is 5.54 Å². The largest absolute Gasteiger partial charge is 0.381 e. The molecule has 0 aromatic heterocycles. The molecule has 3 amide bonds. The van der Waals surface area contributed by atoms with Crippen LogP contribution in [-0.4, -0.2) is 36.7 Å². The molecule has 3 aliphatic rings. The van der Waals surface area contributed by atoms with Gasteiger partial charge < -0.3 is 15.4 Å². The number of urea groups is 1. The predicted molar refractivity (Wildman–Crippen MR) is 97.5 cm³/mol. The van der Waals surface area contributed by atoms with Gasteiger partial charge in [0.2, 0.25) is 0 Å². The molecule has 2 unspecified atom stereocenters. The molecule has 0 bridgehead atoms. The molecule has 2 heterocycles. The number of carbonyl (C=O) groups excluding carboxylic acids is 2. The summed E-state index contributed by atoms with van der Waals surface area (Å²) < 4.78 is 5.57. The Morgan fingerprint density at radius 2 is 1.88 bits per heavy atom. The molecule has 6 nitrogen and oxygen atoms in total. The molecule has 2 aliphatic heterocycles. The van der Waals surface area contributed by atoms with Crippen LogP contribution in [0.2, 0.25) is 0 Å². The Labute approximate surface area is 154 Å². The third-order valence-corrected chi connectivity index (χ3v) is 6.47. The monoisotopic (exact) mass is 357 g/mol. The van der Waals surface area contributed by atoms with Gasteiger partial charge in [-0.05, 0) is 50.5 Å². The van der Waals surface area contributed by atoms with Crippen LogP contribution in [0.5, 0.6) is 0 Å². The number of rotatable bonds is 4. The smallest absolute Gasteiger partial charge is 0.322 e. The minimum absolute atomic E-state index is 0.178. The van der Waals surface area contributed by atoms with Crippen LogP contribution in [0.15, 0.2) is 30.3 Å². The van der Waals surface area contributed by atoms with E-state index >= 15 is 0 Å². The average Bonchev–Trinajstić information content (AvgIpc) is 3.27. The maximum Gasteiger partial charge on any atom is 0.322 e. The van der Waals surface area contributed by atoms with Crippen molar-refractivity contribution in [3.63, 3.8) is 0 Å². The second kappa shape index (κ2) is 6.67. The number of hydrogen-bond acceptors (Lipinski definition) is 4. The number of hydrogen-bond donors (Lipinski definition) is 3. The number of amides is 3. The van der Waals surface area contributed by atoms with Crippen molar-refractivity contribution in [2.24, 2.45) is 5.92 Å². The normalized spacial score (nSPS) is 35.3. The van der Waals surface area contributed by atoms with E-state index in [-0.39, 0.29) is 17.5 Å².